The van der Waals surface area contributed by atoms with Crippen LogP contribution in [0.25, 0.3) is 11.4 Å². The third-order valence-corrected chi connectivity index (χ3v) is 6.26. The molecule has 1 unspecified atom stereocenters. The van der Waals surface area contributed by atoms with E-state index in [9.17, 15) is 4.79 Å². The molecule has 2 N–H and O–H groups in total. The minimum atomic E-state index is -0.543. The average Bonchev–Trinajstić information content (AvgIpc) is 3.55. The SMILES string of the molecule is CCOc1ccc(-c2nc3n(n2)C(c2ccc4c(c2)OCO4)C(C(=O)Nc2ccccc2)=C(C)N3)cc1. The van der Waals surface area contributed by atoms with Gasteiger partial charge < -0.3 is 24.8 Å². The second-order valence-corrected chi connectivity index (χ2v) is 8.66. The number of anilines is 2. The zero-order chi connectivity index (χ0) is 25.4. The Kier molecular flexibility index (Phi) is 5.72. The van der Waals surface area contributed by atoms with Crippen LogP contribution in [-0.2, 0) is 4.79 Å². The van der Waals surface area contributed by atoms with Crippen molar-refractivity contribution in [1.29, 1.82) is 0 Å². The lowest BCUT2D eigenvalue weighted by molar-refractivity contribution is -0.113. The lowest BCUT2D eigenvalue weighted by Gasteiger charge is -2.28. The Morgan fingerprint density at radius 1 is 1.08 bits per heavy atom. The van der Waals surface area contributed by atoms with Crippen molar-refractivity contribution in [2.24, 2.45) is 0 Å². The fraction of sp³-hybridized carbons (Fsp3) is 0.179. The number of para-hydroxylation sites is 1. The molecule has 0 spiro atoms. The van der Waals surface area contributed by atoms with Crippen molar-refractivity contribution < 1.29 is 19.0 Å². The molecule has 3 aromatic carbocycles. The van der Waals surface area contributed by atoms with Crippen molar-refractivity contribution in [3.05, 3.63) is 89.6 Å². The molecule has 6 rings (SSSR count). The first kappa shape index (κ1) is 22.7. The van der Waals surface area contributed by atoms with Crippen molar-refractivity contribution in [3.63, 3.8) is 0 Å². The number of hydrogen-bond donors (Lipinski definition) is 2. The van der Waals surface area contributed by atoms with E-state index in [-0.39, 0.29) is 12.7 Å². The molecule has 1 aromatic heterocycles. The van der Waals surface area contributed by atoms with Crippen LogP contribution in [-0.4, -0.2) is 34.1 Å². The van der Waals surface area contributed by atoms with E-state index in [0.29, 0.717) is 46.8 Å². The van der Waals surface area contributed by atoms with Gasteiger partial charge in [0, 0.05) is 16.9 Å². The van der Waals surface area contributed by atoms with Gasteiger partial charge >= 0.3 is 0 Å². The number of nitrogens with one attached hydrogen (secondary N) is 2. The van der Waals surface area contributed by atoms with Crippen molar-refractivity contribution in [2.45, 2.75) is 19.9 Å². The summed E-state index contributed by atoms with van der Waals surface area (Å²) in [6.07, 6.45) is 0. The van der Waals surface area contributed by atoms with Crippen molar-refractivity contribution in [2.75, 3.05) is 24.0 Å². The first-order chi connectivity index (χ1) is 18.1. The van der Waals surface area contributed by atoms with Gasteiger partial charge in [-0.05, 0) is 67.9 Å². The number of hydrogen-bond acceptors (Lipinski definition) is 7. The summed E-state index contributed by atoms with van der Waals surface area (Å²) in [5.41, 5.74) is 3.58. The molecule has 1 atom stereocenters. The molecule has 2 aliphatic heterocycles. The number of benzene rings is 3. The van der Waals surface area contributed by atoms with E-state index in [4.69, 9.17) is 24.3 Å². The predicted molar refractivity (Wildman–Crippen MR) is 139 cm³/mol. The second-order valence-electron chi connectivity index (χ2n) is 8.66. The van der Waals surface area contributed by atoms with Gasteiger partial charge in [-0.25, -0.2) is 4.68 Å². The van der Waals surface area contributed by atoms with Gasteiger partial charge in [-0.15, -0.1) is 5.10 Å². The van der Waals surface area contributed by atoms with Crippen LogP contribution in [0.3, 0.4) is 0 Å². The van der Waals surface area contributed by atoms with Crippen LogP contribution >= 0.6 is 0 Å². The Hall–Kier alpha value is -4.79. The topological polar surface area (TPSA) is 99.5 Å². The maximum atomic E-state index is 13.6. The van der Waals surface area contributed by atoms with E-state index in [1.807, 2.05) is 86.6 Å². The lowest BCUT2D eigenvalue weighted by atomic mass is 9.94. The molecule has 2 aliphatic rings. The smallest absolute Gasteiger partial charge is 0.255 e. The number of ether oxygens (including phenoxy) is 3. The van der Waals surface area contributed by atoms with Crippen LogP contribution in [0, 0.1) is 0 Å². The molecule has 0 saturated heterocycles. The highest BCUT2D eigenvalue weighted by molar-refractivity contribution is 6.06. The van der Waals surface area contributed by atoms with Crippen LogP contribution in [0.4, 0.5) is 11.6 Å². The molecule has 0 fully saturated rings. The molecule has 9 nitrogen and oxygen atoms in total. The highest BCUT2D eigenvalue weighted by Gasteiger charge is 2.35. The number of rotatable bonds is 6. The third-order valence-electron chi connectivity index (χ3n) is 6.26. The zero-order valence-corrected chi connectivity index (χ0v) is 20.4. The summed E-state index contributed by atoms with van der Waals surface area (Å²) in [6.45, 7) is 4.57. The highest BCUT2D eigenvalue weighted by Crippen LogP contribution is 2.41. The van der Waals surface area contributed by atoms with Gasteiger partial charge in [-0.2, -0.15) is 4.98 Å². The van der Waals surface area contributed by atoms with E-state index in [1.54, 1.807) is 4.68 Å². The van der Waals surface area contributed by atoms with E-state index in [2.05, 4.69) is 10.6 Å². The first-order valence-electron chi connectivity index (χ1n) is 12.0. The number of aromatic nitrogens is 3. The predicted octanol–water partition coefficient (Wildman–Crippen LogP) is 5.00. The fourth-order valence-corrected chi connectivity index (χ4v) is 4.55. The van der Waals surface area contributed by atoms with Gasteiger partial charge in [0.25, 0.3) is 5.91 Å². The van der Waals surface area contributed by atoms with Gasteiger partial charge in [-0.3, -0.25) is 4.79 Å². The fourth-order valence-electron chi connectivity index (χ4n) is 4.55. The minimum absolute atomic E-state index is 0.164. The number of fused-ring (bicyclic) bond motifs is 2. The van der Waals surface area contributed by atoms with Gasteiger partial charge in [0.2, 0.25) is 12.7 Å². The Balaban J connectivity index is 1.42. The standard InChI is InChI=1S/C28H25N5O4/c1-3-35-21-12-9-18(10-13-21)26-31-28-29-17(2)24(27(34)30-20-7-5-4-6-8-20)25(33(28)32-26)19-11-14-22-23(15-19)37-16-36-22/h4-15,25H,3,16H2,1-2H3,(H,30,34)(H,29,31,32). The molecule has 9 heteroatoms. The first-order valence-corrected chi connectivity index (χ1v) is 12.0. The molecule has 0 aliphatic carbocycles. The normalized spacial score (nSPS) is 15.7. The van der Waals surface area contributed by atoms with Crippen LogP contribution in [0.2, 0.25) is 0 Å². The number of carbonyl (C=O) groups is 1. The monoisotopic (exact) mass is 495 g/mol. The van der Waals surface area contributed by atoms with E-state index < -0.39 is 6.04 Å². The molecule has 0 saturated carbocycles. The Morgan fingerprint density at radius 2 is 1.86 bits per heavy atom. The number of amides is 1. The molecular weight excluding hydrogens is 470 g/mol. The van der Waals surface area contributed by atoms with Gasteiger partial charge in [0.15, 0.2) is 17.3 Å². The molecule has 4 aromatic rings. The maximum Gasteiger partial charge on any atom is 0.255 e. The molecule has 186 valence electrons. The van der Waals surface area contributed by atoms with Crippen LogP contribution < -0.4 is 24.8 Å². The average molecular weight is 496 g/mol. The van der Waals surface area contributed by atoms with Crippen LogP contribution in [0.1, 0.15) is 25.5 Å². The van der Waals surface area contributed by atoms with Crippen LogP contribution in [0.15, 0.2) is 84.1 Å². The highest BCUT2D eigenvalue weighted by atomic mass is 16.7. The number of allylic oxidation sites excluding steroid dienone is 1. The summed E-state index contributed by atoms with van der Waals surface area (Å²) >= 11 is 0. The summed E-state index contributed by atoms with van der Waals surface area (Å²) in [5.74, 6) is 2.92. The summed E-state index contributed by atoms with van der Waals surface area (Å²) < 4.78 is 18.4. The second kappa shape index (κ2) is 9.34. The van der Waals surface area contributed by atoms with Gasteiger partial charge in [0.05, 0.1) is 12.2 Å². The van der Waals surface area contributed by atoms with Crippen molar-refractivity contribution in [3.8, 4) is 28.6 Å². The van der Waals surface area contributed by atoms with Gasteiger partial charge in [0.1, 0.15) is 11.8 Å². The number of carbonyl (C=O) groups excluding carboxylic acids is 1. The summed E-state index contributed by atoms with van der Waals surface area (Å²) in [7, 11) is 0. The summed E-state index contributed by atoms with van der Waals surface area (Å²) in [4.78, 5) is 18.4. The quantitative estimate of drug-likeness (QED) is 0.388. The van der Waals surface area contributed by atoms with Crippen LogP contribution in [0.5, 0.6) is 17.2 Å². The zero-order valence-electron chi connectivity index (χ0n) is 20.4. The molecular formula is C28H25N5O4. The Bertz CT molecular complexity index is 1500. The molecule has 1 amide bonds. The molecule has 0 radical (unpaired) electrons. The van der Waals surface area contributed by atoms with E-state index >= 15 is 0 Å². The number of nitrogens with zero attached hydrogens (tertiary/aromatic N) is 3. The third kappa shape index (κ3) is 4.24. The van der Waals surface area contributed by atoms with Crippen molar-refractivity contribution in [1.82, 2.24) is 14.8 Å². The lowest BCUT2D eigenvalue weighted by Crippen LogP contribution is -2.31. The maximum absolute atomic E-state index is 13.6. The Morgan fingerprint density at radius 3 is 2.65 bits per heavy atom. The summed E-state index contributed by atoms with van der Waals surface area (Å²) in [6, 6.07) is 22.1. The molecule has 37 heavy (non-hydrogen) atoms. The van der Waals surface area contributed by atoms with E-state index in [0.717, 1.165) is 16.9 Å². The molecule has 3 heterocycles. The molecule has 0 bridgehead atoms. The van der Waals surface area contributed by atoms with Crippen molar-refractivity contribution >= 4 is 17.5 Å². The van der Waals surface area contributed by atoms with Gasteiger partial charge in [-0.1, -0.05) is 24.3 Å². The minimum Gasteiger partial charge on any atom is -0.494 e. The largest absolute Gasteiger partial charge is 0.494 e. The summed E-state index contributed by atoms with van der Waals surface area (Å²) in [5, 5.41) is 11.1. The van der Waals surface area contributed by atoms with E-state index in [1.165, 1.54) is 0 Å². The Labute approximate surface area is 213 Å².